The van der Waals surface area contributed by atoms with Crippen LogP contribution in [0.4, 0.5) is 20.2 Å². The third kappa shape index (κ3) is 4.08. The van der Waals surface area contributed by atoms with Crippen molar-refractivity contribution in [1.29, 1.82) is 0 Å². The second-order valence-corrected chi connectivity index (χ2v) is 5.80. The molecule has 0 aliphatic rings. The van der Waals surface area contributed by atoms with Crippen molar-refractivity contribution in [3.8, 4) is 11.3 Å². The van der Waals surface area contributed by atoms with Crippen LogP contribution in [0.15, 0.2) is 48.9 Å². The van der Waals surface area contributed by atoms with Crippen LogP contribution in [-0.4, -0.2) is 22.5 Å². The number of ether oxygens (including phenoxy) is 1. The highest BCUT2D eigenvalue weighted by Crippen LogP contribution is 2.27. The predicted molar refractivity (Wildman–Crippen MR) is 97.8 cm³/mol. The Labute approximate surface area is 155 Å². The second kappa shape index (κ2) is 7.90. The lowest BCUT2D eigenvalue weighted by atomic mass is 10.1. The van der Waals surface area contributed by atoms with Gasteiger partial charge in [0.1, 0.15) is 5.69 Å². The van der Waals surface area contributed by atoms with Gasteiger partial charge < -0.3 is 10.1 Å². The Morgan fingerprint density at radius 3 is 2.67 bits per heavy atom. The molecule has 0 saturated carbocycles. The van der Waals surface area contributed by atoms with Gasteiger partial charge in [-0.2, -0.15) is 0 Å². The third-order valence-corrected chi connectivity index (χ3v) is 3.82. The van der Waals surface area contributed by atoms with E-state index in [9.17, 15) is 13.6 Å². The van der Waals surface area contributed by atoms with Gasteiger partial charge >= 0.3 is 5.97 Å². The minimum atomic E-state index is -0.699. The van der Waals surface area contributed by atoms with Gasteiger partial charge in [-0.15, -0.1) is 0 Å². The van der Waals surface area contributed by atoms with E-state index in [0.29, 0.717) is 16.9 Å². The molecule has 7 heteroatoms. The van der Waals surface area contributed by atoms with Crippen molar-refractivity contribution in [3.05, 3.63) is 71.7 Å². The van der Waals surface area contributed by atoms with Crippen LogP contribution in [-0.2, 0) is 4.74 Å². The molecule has 138 valence electrons. The van der Waals surface area contributed by atoms with Crippen molar-refractivity contribution in [3.63, 3.8) is 0 Å². The minimum Gasteiger partial charge on any atom is -0.462 e. The Balaban J connectivity index is 1.93. The van der Waals surface area contributed by atoms with Gasteiger partial charge in [0.05, 0.1) is 35.9 Å². The molecule has 1 N–H and O–H groups in total. The summed E-state index contributed by atoms with van der Waals surface area (Å²) in [5.41, 5.74) is 1.91. The number of halogens is 2. The van der Waals surface area contributed by atoms with Gasteiger partial charge in [-0.25, -0.2) is 13.6 Å². The van der Waals surface area contributed by atoms with E-state index in [1.165, 1.54) is 24.5 Å². The fraction of sp³-hybridized carbons (Fsp3) is 0.150. The molecule has 3 aromatic rings. The smallest absolute Gasteiger partial charge is 0.340 e. The molecule has 0 saturated heterocycles. The van der Waals surface area contributed by atoms with Gasteiger partial charge in [0.2, 0.25) is 0 Å². The molecule has 0 atom stereocenters. The summed E-state index contributed by atoms with van der Waals surface area (Å²) in [7, 11) is 0. The van der Waals surface area contributed by atoms with Crippen molar-refractivity contribution in [1.82, 2.24) is 9.97 Å². The van der Waals surface area contributed by atoms with Crippen molar-refractivity contribution in [2.45, 2.75) is 13.8 Å². The van der Waals surface area contributed by atoms with Crippen molar-refractivity contribution < 1.29 is 18.3 Å². The molecule has 5 nitrogen and oxygen atoms in total. The molecule has 3 rings (SSSR count). The number of esters is 1. The van der Waals surface area contributed by atoms with E-state index in [4.69, 9.17) is 4.74 Å². The average Bonchev–Trinajstić information content (AvgIpc) is 2.64. The van der Waals surface area contributed by atoms with Crippen LogP contribution in [0.2, 0.25) is 0 Å². The summed E-state index contributed by atoms with van der Waals surface area (Å²) in [5.74, 6) is -1.84. The van der Waals surface area contributed by atoms with Gasteiger partial charge in [-0.1, -0.05) is 11.6 Å². The van der Waals surface area contributed by atoms with E-state index in [-0.39, 0.29) is 17.9 Å². The normalized spacial score (nSPS) is 10.5. The average molecular weight is 369 g/mol. The molecular formula is C20H17F2N3O2. The molecule has 0 aliphatic carbocycles. The quantitative estimate of drug-likeness (QED) is 0.663. The highest BCUT2D eigenvalue weighted by atomic mass is 19.1. The SMILES string of the molecule is CCOC(=O)c1cc(C)ccc1Nc1cnc(-c2ccncc2F)c(F)c1. The van der Waals surface area contributed by atoms with Crippen molar-refractivity contribution in [2.75, 3.05) is 11.9 Å². The fourth-order valence-electron chi connectivity index (χ4n) is 2.57. The molecule has 1 aromatic carbocycles. The van der Waals surface area contributed by atoms with Crippen LogP contribution in [0.3, 0.4) is 0 Å². The van der Waals surface area contributed by atoms with Crippen molar-refractivity contribution >= 4 is 17.3 Å². The lowest BCUT2D eigenvalue weighted by Gasteiger charge is -2.13. The maximum Gasteiger partial charge on any atom is 0.340 e. The van der Waals surface area contributed by atoms with E-state index in [1.54, 1.807) is 19.1 Å². The third-order valence-electron chi connectivity index (χ3n) is 3.82. The summed E-state index contributed by atoms with van der Waals surface area (Å²) in [5, 5.41) is 2.96. The molecule has 0 bridgehead atoms. The highest BCUT2D eigenvalue weighted by Gasteiger charge is 2.15. The van der Waals surface area contributed by atoms with Crippen LogP contribution in [0, 0.1) is 18.6 Å². The lowest BCUT2D eigenvalue weighted by Crippen LogP contribution is -2.08. The number of hydrogen-bond acceptors (Lipinski definition) is 5. The first kappa shape index (κ1) is 18.4. The molecule has 0 spiro atoms. The lowest BCUT2D eigenvalue weighted by molar-refractivity contribution is 0.0527. The summed E-state index contributed by atoms with van der Waals surface area (Å²) in [6.45, 7) is 3.82. The molecule has 0 amide bonds. The number of aryl methyl sites for hydroxylation is 1. The number of carbonyl (C=O) groups is 1. The zero-order valence-electron chi connectivity index (χ0n) is 14.8. The molecular weight excluding hydrogens is 352 g/mol. The zero-order valence-corrected chi connectivity index (χ0v) is 14.8. The number of pyridine rings is 2. The number of nitrogens with one attached hydrogen (secondary N) is 1. The molecule has 0 radical (unpaired) electrons. The zero-order chi connectivity index (χ0) is 19.4. The number of carbonyl (C=O) groups excluding carboxylic acids is 1. The standard InChI is InChI=1S/C20H17F2N3O2/c1-3-27-20(26)15-8-12(2)4-5-18(15)25-13-9-16(21)19(24-10-13)14-6-7-23-11-17(14)22/h4-11,25H,3H2,1-2H3. The van der Waals surface area contributed by atoms with Gasteiger partial charge in [0.15, 0.2) is 11.6 Å². The van der Waals surface area contributed by atoms with Crippen LogP contribution >= 0.6 is 0 Å². The first-order valence-corrected chi connectivity index (χ1v) is 8.29. The molecule has 0 unspecified atom stereocenters. The summed E-state index contributed by atoms with van der Waals surface area (Å²) < 4.78 is 33.4. The largest absolute Gasteiger partial charge is 0.462 e. The topological polar surface area (TPSA) is 64.1 Å². The first-order chi connectivity index (χ1) is 13.0. The number of nitrogens with zero attached hydrogens (tertiary/aromatic N) is 2. The van der Waals surface area contributed by atoms with Gasteiger partial charge in [-0.05, 0) is 32.0 Å². The summed E-state index contributed by atoms with van der Waals surface area (Å²) in [6, 6.07) is 7.75. The molecule has 0 aliphatic heterocycles. The van der Waals surface area contributed by atoms with Gasteiger partial charge in [0.25, 0.3) is 0 Å². The van der Waals surface area contributed by atoms with Gasteiger partial charge in [-0.3, -0.25) is 9.97 Å². The number of hydrogen-bond donors (Lipinski definition) is 1. The number of benzene rings is 1. The highest BCUT2D eigenvalue weighted by molar-refractivity contribution is 5.96. The summed E-state index contributed by atoms with van der Waals surface area (Å²) >= 11 is 0. The summed E-state index contributed by atoms with van der Waals surface area (Å²) in [4.78, 5) is 19.8. The number of anilines is 2. The van der Waals surface area contributed by atoms with E-state index >= 15 is 0 Å². The maximum absolute atomic E-state index is 14.5. The van der Waals surface area contributed by atoms with Crippen LogP contribution < -0.4 is 5.32 Å². The molecule has 2 aromatic heterocycles. The Morgan fingerprint density at radius 1 is 1.15 bits per heavy atom. The number of aromatic nitrogens is 2. The summed E-state index contributed by atoms with van der Waals surface area (Å²) in [6.07, 6.45) is 3.73. The van der Waals surface area contributed by atoms with E-state index in [0.717, 1.165) is 11.8 Å². The van der Waals surface area contributed by atoms with Crippen molar-refractivity contribution in [2.24, 2.45) is 0 Å². The molecule has 27 heavy (non-hydrogen) atoms. The fourth-order valence-corrected chi connectivity index (χ4v) is 2.57. The van der Waals surface area contributed by atoms with Gasteiger partial charge in [0, 0.05) is 17.8 Å². The monoisotopic (exact) mass is 369 g/mol. The second-order valence-electron chi connectivity index (χ2n) is 5.80. The predicted octanol–water partition coefficient (Wildman–Crippen LogP) is 4.65. The molecule has 2 heterocycles. The Bertz CT molecular complexity index is 993. The number of rotatable bonds is 5. The van der Waals surface area contributed by atoms with Crippen LogP contribution in [0.25, 0.3) is 11.3 Å². The maximum atomic E-state index is 14.5. The van der Waals surface area contributed by atoms with Crippen LogP contribution in [0.1, 0.15) is 22.8 Å². The Hall–Kier alpha value is -3.35. The molecule has 0 fully saturated rings. The Kier molecular flexibility index (Phi) is 5.40. The van der Waals surface area contributed by atoms with E-state index < -0.39 is 17.6 Å². The first-order valence-electron chi connectivity index (χ1n) is 8.29. The van der Waals surface area contributed by atoms with E-state index in [1.807, 2.05) is 13.0 Å². The van der Waals surface area contributed by atoms with E-state index in [2.05, 4.69) is 15.3 Å². The van der Waals surface area contributed by atoms with Crippen LogP contribution in [0.5, 0.6) is 0 Å². The minimum absolute atomic E-state index is 0.0246. The Morgan fingerprint density at radius 2 is 1.96 bits per heavy atom.